The second-order valence-corrected chi connectivity index (χ2v) is 8.10. The standard InChI is InChI=1S/C20H35N/c1-3-5-6-7-8-9-19(21-4-2)20-17-11-15-10-16(13-17)14-18(20)12-15/h3,15-21H,1,4-14H2,2H3. The van der Waals surface area contributed by atoms with E-state index in [9.17, 15) is 0 Å². The van der Waals surface area contributed by atoms with E-state index in [4.69, 9.17) is 0 Å². The van der Waals surface area contributed by atoms with Gasteiger partial charge in [0.15, 0.2) is 0 Å². The van der Waals surface area contributed by atoms with E-state index < -0.39 is 0 Å². The number of allylic oxidation sites excluding steroid dienone is 1. The van der Waals surface area contributed by atoms with Crippen LogP contribution in [0, 0.1) is 29.6 Å². The molecule has 0 spiro atoms. The molecule has 1 heteroatoms. The van der Waals surface area contributed by atoms with Crippen LogP contribution >= 0.6 is 0 Å². The van der Waals surface area contributed by atoms with E-state index in [1.807, 2.05) is 0 Å². The van der Waals surface area contributed by atoms with Crippen LogP contribution in [0.5, 0.6) is 0 Å². The van der Waals surface area contributed by atoms with Crippen LogP contribution in [0.2, 0.25) is 0 Å². The third kappa shape index (κ3) is 3.55. The summed E-state index contributed by atoms with van der Waals surface area (Å²) in [6.45, 7) is 7.28. The van der Waals surface area contributed by atoms with E-state index in [0.717, 1.165) is 42.2 Å². The van der Waals surface area contributed by atoms with Crippen LogP contribution in [0.4, 0.5) is 0 Å². The highest BCUT2D eigenvalue weighted by Crippen LogP contribution is 2.57. The van der Waals surface area contributed by atoms with E-state index in [2.05, 4.69) is 24.9 Å². The fourth-order valence-electron chi connectivity index (χ4n) is 6.15. The van der Waals surface area contributed by atoms with Gasteiger partial charge in [-0.2, -0.15) is 0 Å². The molecular formula is C20H35N. The van der Waals surface area contributed by atoms with E-state index in [1.165, 1.54) is 32.1 Å². The Labute approximate surface area is 132 Å². The highest BCUT2D eigenvalue weighted by Gasteiger charge is 2.50. The Bertz CT molecular complexity index is 307. The molecule has 0 aromatic carbocycles. The summed E-state index contributed by atoms with van der Waals surface area (Å²) >= 11 is 0. The lowest BCUT2D eigenvalue weighted by Gasteiger charge is -2.56. The zero-order chi connectivity index (χ0) is 14.7. The first-order valence-corrected chi connectivity index (χ1v) is 9.66. The minimum Gasteiger partial charge on any atom is -0.314 e. The van der Waals surface area contributed by atoms with Crippen LogP contribution in [-0.2, 0) is 0 Å². The zero-order valence-electron chi connectivity index (χ0n) is 14.0. The number of hydrogen-bond donors (Lipinski definition) is 1. The predicted octanol–water partition coefficient (Wildman–Crippen LogP) is 5.17. The number of nitrogens with one attached hydrogen (secondary N) is 1. The molecule has 4 fully saturated rings. The SMILES string of the molecule is C=CCCCCCC(NCC)C1C2CC3CC(C2)CC1C3. The molecule has 0 aliphatic heterocycles. The first-order valence-electron chi connectivity index (χ1n) is 9.66. The third-order valence-corrected chi connectivity index (χ3v) is 6.65. The summed E-state index contributed by atoms with van der Waals surface area (Å²) in [5.41, 5.74) is 0. The number of unbranched alkanes of at least 4 members (excludes halogenated alkanes) is 3. The molecule has 1 N–H and O–H groups in total. The lowest BCUT2D eigenvalue weighted by Crippen LogP contribution is -2.53. The second-order valence-electron chi connectivity index (χ2n) is 8.10. The van der Waals surface area contributed by atoms with Crippen molar-refractivity contribution in [2.45, 2.75) is 77.2 Å². The molecule has 4 aliphatic carbocycles. The van der Waals surface area contributed by atoms with Crippen molar-refractivity contribution in [2.75, 3.05) is 6.54 Å². The predicted molar refractivity (Wildman–Crippen MR) is 91.3 cm³/mol. The van der Waals surface area contributed by atoms with Gasteiger partial charge in [0.25, 0.3) is 0 Å². The maximum absolute atomic E-state index is 3.88. The molecule has 21 heavy (non-hydrogen) atoms. The summed E-state index contributed by atoms with van der Waals surface area (Å²) in [5.74, 6) is 5.37. The van der Waals surface area contributed by atoms with Crippen LogP contribution in [0.3, 0.4) is 0 Å². The molecule has 1 nitrogen and oxygen atoms in total. The van der Waals surface area contributed by atoms with Crippen molar-refractivity contribution < 1.29 is 0 Å². The molecule has 1 unspecified atom stereocenters. The van der Waals surface area contributed by atoms with Crippen LogP contribution in [0.1, 0.15) is 71.1 Å². The van der Waals surface area contributed by atoms with Gasteiger partial charge < -0.3 is 5.32 Å². The Morgan fingerprint density at radius 2 is 1.67 bits per heavy atom. The number of rotatable bonds is 9. The summed E-state index contributed by atoms with van der Waals surface area (Å²) in [6, 6.07) is 0.814. The molecule has 0 heterocycles. The minimum atomic E-state index is 0.814. The van der Waals surface area contributed by atoms with Gasteiger partial charge >= 0.3 is 0 Å². The fraction of sp³-hybridized carbons (Fsp3) is 0.900. The van der Waals surface area contributed by atoms with E-state index >= 15 is 0 Å². The van der Waals surface area contributed by atoms with Crippen molar-refractivity contribution in [3.63, 3.8) is 0 Å². The zero-order valence-corrected chi connectivity index (χ0v) is 14.0. The van der Waals surface area contributed by atoms with Crippen molar-refractivity contribution >= 4 is 0 Å². The highest BCUT2D eigenvalue weighted by atomic mass is 14.9. The molecule has 0 amide bonds. The molecule has 0 saturated heterocycles. The van der Waals surface area contributed by atoms with Crippen LogP contribution in [-0.4, -0.2) is 12.6 Å². The van der Waals surface area contributed by atoms with Crippen molar-refractivity contribution in [1.29, 1.82) is 0 Å². The first kappa shape index (κ1) is 15.6. The Hall–Kier alpha value is -0.300. The summed E-state index contributed by atoms with van der Waals surface area (Å²) in [5, 5.41) is 3.88. The van der Waals surface area contributed by atoms with Crippen LogP contribution < -0.4 is 5.32 Å². The average Bonchev–Trinajstić information content (AvgIpc) is 2.45. The van der Waals surface area contributed by atoms with E-state index in [1.54, 1.807) is 32.1 Å². The summed E-state index contributed by atoms with van der Waals surface area (Å²) in [4.78, 5) is 0. The monoisotopic (exact) mass is 289 g/mol. The third-order valence-electron chi connectivity index (χ3n) is 6.65. The van der Waals surface area contributed by atoms with Gasteiger partial charge in [-0.3, -0.25) is 0 Å². The van der Waals surface area contributed by atoms with Crippen molar-refractivity contribution in [3.05, 3.63) is 12.7 Å². The van der Waals surface area contributed by atoms with Gasteiger partial charge in [-0.1, -0.05) is 25.8 Å². The maximum atomic E-state index is 3.88. The first-order chi connectivity index (χ1) is 10.3. The van der Waals surface area contributed by atoms with Gasteiger partial charge in [-0.15, -0.1) is 6.58 Å². The van der Waals surface area contributed by atoms with E-state index in [-0.39, 0.29) is 0 Å². The average molecular weight is 290 g/mol. The Morgan fingerprint density at radius 1 is 1.00 bits per heavy atom. The largest absolute Gasteiger partial charge is 0.314 e. The van der Waals surface area contributed by atoms with Crippen molar-refractivity contribution in [2.24, 2.45) is 29.6 Å². The lowest BCUT2D eigenvalue weighted by atomic mass is 9.50. The van der Waals surface area contributed by atoms with Gasteiger partial charge in [0.2, 0.25) is 0 Å². The number of hydrogen-bond acceptors (Lipinski definition) is 1. The minimum absolute atomic E-state index is 0.814. The quantitative estimate of drug-likeness (QED) is 0.456. The Balaban J connectivity index is 1.54. The van der Waals surface area contributed by atoms with Crippen LogP contribution in [0.25, 0.3) is 0 Å². The molecule has 4 aliphatic rings. The maximum Gasteiger partial charge on any atom is 0.0100 e. The Kier molecular flexibility index (Phi) is 5.43. The fourth-order valence-corrected chi connectivity index (χ4v) is 6.15. The highest BCUT2D eigenvalue weighted by molar-refractivity contribution is 5.01. The molecule has 4 rings (SSSR count). The molecule has 0 aromatic rings. The molecule has 0 aromatic heterocycles. The molecule has 4 bridgehead atoms. The summed E-state index contributed by atoms with van der Waals surface area (Å²) in [7, 11) is 0. The van der Waals surface area contributed by atoms with E-state index in [0.29, 0.717) is 0 Å². The van der Waals surface area contributed by atoms with Gasteiger partial charge in [-0.25, -0.2) is 0 Å². The van der Waals surface area contributed by atoms with Gasteiger partial charge in [0.1, 0.15) is 0 Å². The summed E-state index contributed by atoms with van der Waals surface area (Å²) < 4.78 is 0. The van der Waals surface area contributed by atoms with Gasteiger partial charge in [-0.05, 0) is 87.5 Å². The smallest absolute Gasteiger partial charge is 0.0100 e. The molecule has 120 valence electrons. The normalized spacial score (nSPS) is 38.6. The molecule has 4 saturated carbocycles. The van der Waals surface area contributed by atoms with Gasteiger partial charge in [0.05, 0.1) is 0 Å². The lowest BCUT2D eigenvalue weighted by molar-refractivity contribution is -0.0529. The second kappa shape index (κ2) is 7.31. The molecular weight excluding hydrogens is 254 g/mol. The van der Waals surface area contributed by atoms with Crippen LogP contribution in [0.15, 0.2) is 12.7 Å². The molecule has 0 radical (unpaired) electrons. The molecule has 1 atom stereocenters. The summed E-state index contributed by atoms with van der Waals surface area (Å²) in [6.07, 6.45) is 16.7. The topological polar surface area (TPSA) is 12.0 Å². The van der Waals surface area contributed by atoms with Gasteiger partial charge in [0, 0.05) is 6.04 Å². The van der Waals surface area contributed by atoms with Crippen molar-refractivity contribution in [3.8, 4) is 0 Å². The Morgan fingerprint density at radius 3 is 2.24 bits per heavy atom. The van der Waals surface area contributed by atoms with Crippen molar-refractivity contribution in [1.82, 2.24) is 5.32 Å².